The van der Waals surface area contributed by atoms with E-state index in [1.165, 1.54) is 17.0 Å². The smallest absolute Gasteiger partial charge is 0.264 e. The quantitative estimate of drug-likeness (QED) is 0.290. The van der Waals surface area contributed by atoms with Crippen molar-refractivity contribution in [1.82, 2.24) is 10.2 Å². The summed E-state index contributed by atoms with van der Waals surface area (Å²) in [4.78, 5) is 29.0. The van der Waals surface area contributed by atoms with Gasteiger partial charge in [0.15, 0.2) is 0 Å². The minimum Gasteiger partial charge on any atom is -0.350 e. The van der Waals surface area contributed by atoms with Gasteiger partial charge >= 0.3 is 0 Å². The van der Waals surface area contributed by atoms with Gasteiger partial charge in [0.1, 0.15) is 12.6 Å². The zero-order valence-electron chi connectivity index (χ0n) is 23.0. The van der Waals surface area contributed by atoms with Gasteiger partial charge < -0.3 is 10.2 Å². The van der Waals surface area contributed by atoms with Gasteiger partial charge in [-0.3, -0.25) is 13.9 Å². The van der Waals surface area contributed by atoms with Crippen LogP contribution in [0.5, 0.6) is 0 Å². The molecule has 0 fully saturated rings. The van der Waals surface area contributed by atoms with Crippen molar-refractivity contribution < 1.29 is 18.0 Å². The number of anilines is 1. The highest BCUT2D eigenvalue weighted by molar-refractivity contribution is 14.1. The lowest BCUT2D eigenvalue weighted by molar-refractivity contribution is -0.141. The summed E-state index contributed by atoms with van der Waals surface area (Å²) in [6.45, 7) is 9.19. The van der Waals surface area contributed by atoms with E-state index in [0.29, 0.717) is 12.1 Å². The van der Waals surface area contributed by atoms with Crippen LogP contribution in [0.2, 0.25) is 0 Å². The van der Waals surface area contributed by atoms with Gasteiger partial charge in [0.25, 0.3) is 10.0 Å². The fourth-order valence-electron chi connectivity index (χ4n) is 4.12. The SMILES string of the molecule is CC[C@H](C(=O)NC(C)(C)C)N(Cc1ccc(C)cc1)C(=O)CN(c1ccc(I)cc1)S(=O)(=O)c1ccccc1. The largest absolute Gasteiger partial charge is 0.350 e. The summed E-state index contributed by atoms with van der Waals surface area (Å²) in [5.41, 5.74) is 1.80. The number of carbonyl (C=O) groups is 2. The summed E-state index contributed by atoms with van der Waals surface area (Å²) in [5, 5.41) is 2.98. The monoisotopic (exact) mass is 661 g/mol. The number of hydrogen-bond acceptors (Lipinski definition) is 4. The molecule has 0 heterocycles. The van der Waals surface area contributed by atoms with Gasteiger partial charge in [0.2, 0.25) is 11.8 Å². The molecule has 0 aliphatic heterocycles. The molecule has 3 aromatic rings. The molecule has 0 aromatic heterocycles. The Kier molecular flexibility index (Phi) is 10.2. The first-order valence-corrected chi connectivity index (χ1v) is 15.3. The first kappa shape index (κ1) is 30.6. The van der Waals surface area contributed by atoms with Crippen LogP contribution in [0, 0.1) is 10.5 Å². The van der Waals surface area contributed by atoms with E-state index >= 15 is 0 Å². The minimum atomic E-state index is -4.07. The van der Waals surface area contributed by atoms with Gasteiger partial charge in [0.05, 0.1) is 10.6 Å². The van der Waals surface area contributed by atoms with Gasteiger partial charge in [-0.15, -0.1) is 0 Å². The Labute approximate surface area is 245 Å². The summed E-state index contributed by atoms with van der Waals surface area (Å²) in [6, 6.07) is 22.0. The van der Waals surface area contributed by atoms with Crippen molar-refractivity contribution >= 4 is 50.1 Å². The Hall–Kier alpha value is -2.92. The molecule has 2 amide bonds. The van der Waals surface area contributed by atoms with Crippen LogP contribution in [-0.4, -0.2) is 43.3 Å². The molecule has 0 radical (unpaired) electrons. The Balaban J connectivity index is 2.05. The fraction of sp³-hybridized carbons (Fsp3) is 0.333. The van der Waals surface area contributed by atoms with E-state index in [1.807, 2.05) is 58.9 Å². The second-order valence-electron chi connectivity index (χ2n) is 10.5. The van der Waals surface area contributed by atoms with Gasteiger partial charge in [-0.25, -0.2) is 8.42 Å². The molecule has 0 aliphatic rings. The number of sulfonamides is 1. The second-order valence-corrected chi connectivity index (χ2v) is 13.6. The van der Waals surface area contributed by atoms with E-state index in [9.17, 15) is 18.0 Å². The van der Waals surface area contributed by atoms with Crippen molar-refractivity contribution in [1.29, 1.82) is 0 Å². The second kappa shape index (κ2) is 13.0. The van der Waals surface area contributed by atoms with E-state index in [0.717, 1.165) is 19.0 Å². The standard InChI is InChI=1S/C30H36IN3O4S/c1-6-27(29(36)32-30(3,4)5)33(20-23-14-12-22(2)13-15-23)28(35)21-34(25-18-16-24(31)17-19-25)39(37,38)26-10-8-7-9-11-26/h7-19,27H,6,20-21H2,1-5H3,(H,32,36)/t27-/m1/s1. The number of nitrogens with one attached hydrogen (secondary N) is 1. The highest BCUT2D eigenvalue weighted by Gasteiger charge is 2.34. The van der Waals surface area contributed by atoms with Crippen molar-refractivity contribution in [3.05, 3.63) is 93.6 Å². The van der Waals surface area contributed by atoms with Crippen molar-refractivity contribution in [3.8, 4) is 0 Å². The van der Waals surface area contributed by atoms with Crippen molar-refractivity contribution in [2.24, 2.45) is 0 Å². The summed E-state index contributed by atoms with van der Waals surface area (Å²) in [5.74, 6) is -0.748. The number of benzene rings is 3. The highest BCUT2D eigenvalue weighted by atomic mass is 127. The van der Waals surface area contributed by atoms with Crippen LogP contribution >= 0.6 is 22.6 Å². The topological polar surface area (TPSA) is 86.8 Å². The van der Waals surface area contributed by atoms with E-state index in [4.69, 9.17) is 0 Å². The highest BCUT2D eigenvalue weighted by Crippen LogP contribution is 2.25. The van der Waals surface area contributed by atoms with Gasteiger partial charge in [-0.1, -0.05) is 55.0 Å². The number of carbonyl (C=O) groups excluding carboxylic acids is 2. The molecule has 0 saturated heterocycles. The Morgan fingerprint density at radius 1 is 0.923 bits per heavy atom. The molecule has 7 nitrogen and oxygen atoms in total. The maximum Gasteiger partial charge on any atom is 0.264 e. The van der Waals surface area contributed by atoms with Crippen molar-refractivity contribution in [2.75, 3.05) is 10.8 Å². The lowest BCUT2D eigenvalue weighted by atomic mass is 10.1. The van der Waals surface area contributed by atoms with Crippen LogP contribution in [0.25, 0.3) is 0 Å². The van der Waals surface area contributed by atoms with Crippen molar-refractivity contribution in [3.63, 3.8) is 0 Å². The summed E-state index contributed by atoms with van der Waals surface area (Å²) < 4.78 is 29.7. The third kappa shape index (κ3) is 8.28. The molecule has 3 aromatic carbocycles. The number of aryl methyl sites for hydroxylation is 1. The molecular formula is C30H36IN3O4S. The third-order valence-corrected chi connectivity index (χ3v) is 8.59. The zero-order chi connectivity index (χ0) is 28.8. The minimum absolute atomic E-state index is 0.0824. The molecule has 3 rings (SSSR count). The van der Waals surface area contributed by atoms with Crippen LogP contribution in [0.4, 0.5) is 5.69 Å². The van der Waals surface area contributed by atoms with E-state index in [2.05, 4.69) is 27.9 Å². The number of nitrogens with zero attached hydrogens (tertiary/aromatic N) is 2. The Bertz CT molecular complexity index is 1370. The van der Waals surface area contributed by atoms with E-state index in [1.54, 1.807) is 42.5 Å². The predicted molar refractivity (Wildman–Crippen MR) is 164 cm³/mol. The van der Waals surface area contributed by atoms with Crippen LogP contribution < -0.4 is 9.62 Å². The molecular weight excluding hydrogens is 625 g/mol. The maximum atomic E-state index is 14.1. The lowest BCUT2D eigenvalue weighted by Gasteiger charge is -2.34. The average Bonchev–Trinajstić information content (AvgIpc) is 2.88. The summed E-state index contributed by atoms with van der Waals surface area (Å²) >= 11 is 2.15. The van der Waals surface area contributed by atoms with Crippen LogP contribution in [0.3, 0.4) is 0 Å². The van der Waals surface area contributed by atoms with E-state index in [-0.39, 0.29) is 17.3 Å². The molecule has 0 spiro atoms. The maximum absolute atomic E-state index is 14.1. The summed E-state index contributed by atoms with van der Waals surface area (Å²) in [6.07, 6.45) is 0.370. The number of hydrogen-bond donors (Lipinski definition) is 1. The molecule has 0 unspecified atom stereocenters. The van der Waals surface area contributed by atoms with Gasteiger partial charge in [0, 0.05) is 15.7 Å². The molecule has 208 valence electrons. The molecule has 0 saturated carbocycles. The number of halogens is 1. The van der Waals surface area contributed by atoms with Crippen LogP contribution in [-0.2, 0) is 26.2 Å². The van der Waals surface area contributed by atoms with Gasteiger partial charge in [-0.2, -0.15) is 0 Å². The lowest BCUT2D eigenvalue weighted by Crippen LogP contribution is -2.55. The van der Waals surface area contributed by atoms with Gasteiger partial charge in [-0.05, 0) is 98.7 Å². The molecule has 39 heavy (non-hydrogen) atoms. The number of rotatable bonds is 10. The first-order valence-electron chi connectivity index (χ1n) is 12.8. The fourth-order valence-corrected chi connectivity index (χ4v) is 5.91. The Morgan fingerprint density at radius 3 is 2.05 bits per heavy atom. The third-order valence-electron chi connectivity index (χ3n) is 6.08. The van der Waals surface area contributed by atoms with Crippen LogP contribution in [0.1, 0.15) is 45.2 Å². The molecule has 1 atom stereocenters. The summed E-state index contributed by atoms with van der Waals surface area (Å²) in [7, 11) is -4.07. The molecule has 1 N–H and O–H groups in total. The predicted octanol–water partition coefficient (Wildman–Crippen LogP) is 5.52. The molecule has 0 bridgehead atoms. The first-order chi connectivity index (χ1) is 18.3. The van der Waals surface area contributed by atoms with Crippen molar-refractivity contribution in [2.45, 2.75) is 64.1 Å². The van der Waals surface area contributed by atoms with Crippen LogP contribution in [0.15, 0.2) is 83.8 Å². The average molecular weight is 662 g/mol. The normalized spacial score (nSPS) is 12.5. The molecule has 9 heteroatoms. The molecule has 0 aliphatic carbocycles. The van der Waals surface area contributed by atoms with E-state index < -0.39 is 34.1 Å². The zero-order valence-corrected chi connectivity index (χ0v) is 26.0. The number of amides is 2. The Morgan fingerprint density at radius 2 is 1.51 bits per heavy atom.